The Morgan fingerprint density at radius 2 is 2.12 bits per heavy atom. The fraction of sp³-hybridized carbons (Fsp3) is 0.500. The van der Waals surface area contributed by atoms with E-state index in [0.29, 0.717) is 0 Å². The summed E-state index contributed by atoms with van der Waals surface area (Å²) >= 11 is 0. The number of nitrogens with one attached hydrogen (secondary N) is 1. The molecule has 17 heavy (non-hydrogen) atoms. The Balaban J connectivity index is 2.25. The van der Waals surface area contributed by atoms with Crippen LogP contribution in [0.5, 0.6) is 0 Å². The number of methoxy groups -OCH3 is 1. The molecule has 0 unspecified atom stereocenters. The van der Waals surface area contributed by atoms with E-state index >= 15 is 0 Å². The molecule has 1 heterocycles. The van der Waals surface area contributed by atoms with E-state index in [9.17, 15) is 4.79 Å². The Hall–Kier alpha value is -1.35. The topological polar surface area (TPSA) is 38.3 Å². The van der Waals surface area contributed by atoms with E-state index < -0.39 is 0 Å². The molecule has 1 fully saturated rings. The maximum absolute atomic E-state index is 11.9. The van der Waals surface area contributed by atoms with Crippen LogP contribution in [-0.4, -0.2) is 25.7 Å². The van der Waals surface area contributed by atoms with Crippen LogP contribution in [0.15, 0.2) is 24.3 Å². The van der Waals surface area contributed by atoms with E-state index in [0.717, 1.165) is 24.9 Å². The average Bonchev–Trinajstić information content (AvgIpc) is 2.85. The van der Waals surface area contributed by atoms with Gasteiger partial charge in [-0.2, -0.15) is 0 Å². The summed E-state index contributed by atoms with van der Waals surface area (Å²) in [6, 6.07) is 8.35. The van der Waals surface area contributed by atoms with Crippen LogP contribution in [0.2, 0.25) is 0 Å². The molecule has 0 saturated carbocycles. The molecule has 1 N–H and O–H groups in total. The van der Waals surface area contributed by atoms with Gasteiger partial charge in [0.05, 0.1) is 13.0 Å². The highest BCUT2D eigenvalue weighted by Gasteiger charge is 2.32. The van der Waals surface area contributed by atoms with Crippen LogP contribution >= 0.6 is 0 Å². The third-order valence-corrected chi connectivity index (χ3v) is 3.39. The molecule has 3 heteroatoms. The van der Waals surface area contributed by atoms with Gasteiger partial charge in [-0.25, -0.2) is 0 Å². The number of benzene rings is 1. The summed E-state index contributed by atoms with van der Waals surface area (Å²) in [4.78, 5) is 11.9. The Morgan fingerprint density at radius 1 is 1.41 bits per heavy atom. The lowest BCUT2D eigenvalue weighted by molar-refractivity contribution is -0.143. The van der Waals surface area contributed by atoms with E-state index in [2.05, 4.69) is 5.32 Å². The molecule has 0 aliphatic carbocycles. The number of esters is 1. The third kappa shape index (κ3) is 2.67. The highest BCUT2D eigenvalue weighted by Crippen LogP contribution is 2.26. The van der Waals surface area contributed by atoms with E-state index in [1.807, 2.05) is 31.2 Å². The van der Waals surface area contributed by atoms with E-state index in [4.69, 9.17) is 4.74 Å². The quantitative estimate of drug-likeness (QED) is 0.812. The number of ether oxygens (including phenoxy) is 1. The second-order valence-corrected chi connectivity index (χ2v) is 4.61. The summed E-state index contributed by atoms with van der Waals surface area (Å²) in [7, 11) is 1.46. The van der Waals surface area contributed by atoms with Gasteiger partial charge in [0.25, 0.3) is 0 Å². The van der Waals surface area contributed by atoms with Crippen molar-refractivity contribution >= 4 is 5.97 Å². The summed E-state index contributed by atoms with van der Waals surface area (Å²) in [5, 5.41) is 3.38. The molecule has 0 aromatic heterocycles. The van der Waals surface area contributed by atoms with Gasteiger partial charge in [0.2, 0.25) is 0 Å². The fourth-order valence-electron chi connectivity index (χ4n) is 2.43. The van der Waals surface area contributed by atoms with E-state index in [1.165, 1.54) is 12.7 Å². The second kappa shape index (κ2) is 5.32. The minimum atomic E-state index is -0.178. The van der Waals surface area contributed by atoms with Gasteiger partial charge in [-0.3, -0.25) is 4.79 Å². The molecule has 0 amide bonds. The van der Waals surface area contributed by atoms with Crippen LogP contribution in [0.1, 0.15) is 29.9 Å². The van der Waals surface area contributed by atoms with Crippen molar-refractivity contribution in [2.45, 2.75) is 31.7 Å². The van der Waals surface area contributed by atoms with E-state index in [-0.39, 0.29) is 17.9 Å². The first-order valence-corrected chi connectivity index (χ1v) is 6.10. The summed E-state index contributed by atoms with van der Waals surface area (Å²) in [5.41, 5.74) is 2.25. The van der Waals surface area contributed by atoms with Gasteiger partial charge in [-0.05, 0) is 31.9 Å². The third-order valence-electron chi connectivity index (χ3n) is 3.39. The number of carbonyl (C=O) groups excluding carboxylic acids is 1. The lowest BCUT2D eigenvalue weighted by Crippen LogP contribution is -2.34. The highest BCUT2D eigenvalue weighted by molar-refractivity contribution is 5.79. The molecule has 1 aromatic carbocycles. The van der Waals surface area contributed by atoms with Gasteiger partial charge in [-0.1, -0.05) is 29.8 Å². The molecule has 1 saturated heterocycles. The minimum Gasteiger partial charge on any atom is -0.469 e. The molecule has 0 spiro atoms. The largest absolute Gasteiger partial charge is 0.469 e. The lowest BCUT2D eigenvalue weighted by atomic mass is 9.90. The van der Waals surface area contributed by atoms with Crippen molar-refractivity contribution < 1.29 is 9.53 Å². The maximum atomic E-state index is 11.9. The smallest absolute Gasteiger partial charge is 0.314 e. The van der Waals surface area contributed by atoms with Crippen molar-refractivity contribution in [1.29, 1.82) is 0 Å². The first-order chi connectivity index (χ1) is 8.22. The van der Waals surface area contributed by atoms with E-state index in [1.54, 1.807) is 0 Å². The Bertz CT molecular complexity index is 380. The number of hydrogen-bond donors (Lipinski definition) is 1. The summed E-state index contributed by atoms with van der Waals surface area (Å²) < 4.78 is 4.93. The number of rotatable bonds is 3. The Labute approximate surface area is 102 Å². The highest BCUT2D eigenvalue weighted by atomic mass is 16.5. The summed E-state index contributed by atoms with van der Waals surface area (Å²) in [6.07, 6.45) is 2.16. The van der Waals surface area contributed by atoms with Gasteiger partial charge in [0.15, 0.2) is 0 Å². The molecule has 3 nitrogen and oxygen atoms in total. The zero-order valence-electron chi connectivity index (χ0n) is 10.4. The van der Waals surface area contributed by atoms with Gasteiger partial charge >= 0.3 is 5.97 Å². The van der Waals surface area contributed by atoms with Gasteiger partial charge < -0.3 is 10.1 Å². The lowest BCUT2D eigenvalue weighted by Gasteiger charge is -2.21. The fourth-order valence-corrected chi connectivity index (χ4v) is 2.43. The summed E-state index contributed by atoms with van der Waals surface area (Å²) in [6.45, 7) is 3.04. The van der Waals surface area contributed by atoms with Crippen LogP contribution in [0.4, 0.5) is 0 Å². The average molecular weight is 233 g/mol. The van der Waals surface area contributed by atoms with Crippen LogP contribution < -0.4 is 5.32 Å². The number of hydrogen-bond acceptors (Lipinski definition) is 3. The summed E-state index contributed by atoms with van der Waals surface area (Å²) in [5.74, 6) is -0.323. The normalized spacial score (nSPS) is 21.2. The van der Waals surface area contributed by atoms with Crippen LogP contribution in [-0.2, 0) is 9.53 Å². The van der Waals surface area contributed by atoms with Gasteiger partial charge in [0.1, 0.15) is 0 Å². The van der Waals surface area contributed by atoms with Crippen molar-refractivity contribution in [2.75, 3.05) is 13.7 Å². The molecular formula is C14H19NO2. The van der Waals surface area contributed by atoms with Crippen LogP contribution in [0.25, 0.3) is 0 Å². The predicted molar refractivity (Wildman–Crippen MR) is 67.0 cm³/mol. The SMILES string of the molecule is COC(=O)[C@H](c1ccc(C)cc1)[C@@H]1CCCN1. The zero-order chi connectivity index (χ0) is 12.3. The molecule has 1 aromatic rings. The Kier molecular flexibility index (Phi) is 3.79. The first kappa shape index (κ1) is 12.1. The monoisotopic (exact) mass is 233 g/mol. The van der Waals surface area contributed by atoms with Crippen LogP contribution in [0.3, 0.4) is 0 Å². The van der Waals surface area contributed by atoms with Crippen molar-refractivity contribution in [1.82, 2.24) is 5.32 Å². The molecule has 1 aliphatic rings. The van der Waals surface area contributed by atoms with Crippen molar-refractivity contribution in [3.8, 4) is 0 Å². The number of aryl methyl sites for hydroxylation is 1. The van der Waals surface area contributed by atoms with Crippen molar-refractivity contribution in [3.63, 3.8) is 0 Å². The number of carbonyl (C=O) groups is 1. The zero-order valence-corrected chi connectivity index (χ0v) is 10.4. The molecule has 0 radical (unpaired) electrons. The molecule has 2 rings (SSSR count). The molecule has 2 atom stereocenters. The van der Waals surface area contributed by atoms with Gasteiger partial charge in [-0.15, -0.1) is 0 Å². The maximum Gasteiger partial charge on any atom is 0.314 e. The Morgan fingerprint density at radius 3 is 2.65 bits per heavy atom. The second-order valence-electron chi connectivity index (χ2n) is 4.61. The standard InChI is InChI=1S/C14H19NO2/c1-10-5-7-11(8-6-10)13(14(16)17-2)12-4-3-9-15-12/h5-8,12-13,15H,3-4,9H2,1-2H3/t12-,13+/m0/s1. The van der Waals surface area contributed by atoms with Gasteiger partial charge in [0, 0.05) is 6.04 Å². The van der Waals surface area contributed by atoms with Crippen LogP contribution in [0, 0.1) is 6.92 Å². The molecule has 0 bridgehead atoms. The molecule has 92 valence electrons. The first-order valence-electron chi connectivity index (χ1n) is 6.10. The molecular weight excluding hydrogens is 214 g/mol. The molecule has 1 aliphatic heterocycles. The predicted octanol–water partition coefficient (Wildman–Crippen LogP) is 2.00. The van der Waals surface area contributed by atoms with Crippen molar-refractivity contribution in [2.24, 2.45) is 0 Å². The minimum absolute atomic E-state index is 0.145. The van der Waals surface area contributed by atoms with Crippen molar-refractivity contribution in [3.05, 3.63) is 35.4 Å².